The summed E-state index contributed by atoms with van der Waals surface area (Å²) in [6.07, 6.45) is 0.442. The van der Waals surface area contributed by atoms with Crippen LogP contribution in [0, 0.1) is 0 Å². The van der Waals surface area contributed by atoms with Gasteiger partial charge in [-0.25, -0.2) is 0 Å². The molecule has 4 heteroatoms. The molecule has 0 amide bonds. The summed E-state index contributed by atoms with van der Waals surface area (Å²) >= 11 is 0. The monoisotopic (exact) mass is 189 g/mol. The van der Waals surface area contributed by atoms with E-state index in [1.54, 1.807) is 13.8 Å². The Kier molecular flexibility index (Phi) is 2.69. The molecular weight excluding hydrogens is 170 g/mol. The zero-order chi connectivity index (χ0) is 10.3. The average molecular weight is 189 g/mol. The summed E-state index contributed by atoms with van der Waals surface area (Å²) in [6, 6.07) is 0. The van der Waals surface area contributed by atoms with E-state index in [4.69, 9.17) is 9.84 Å². The van der Waals surface area contributed by atoms with Crippen LogP contribution in [0.2, 0.25) is 0 Å². The Morgan fingerprint density at radius 3 is 2.31 bits per heavy atom. The molecule has 13 heavy (non-hydrogen) atoms. The van der Waals surface area contributed by atoms with E-state index in [2.05, 4.69) is 0 Å². The minimum Gasteiger partial charge on any atom is -0.394 e. The third kappa shape index (κ3) is 2.02. The summed E-state index contributed by atoms with van der Waals surface area (Å²) in [5.41, 5.74) is -1.08. The first-order valence-electron chi connectivity index (χ1n) is 4.57. The Bertz CT molecular complexity index is 173. The van der Waals surface area contributed by atoms with Crippen LogP contribution in [0.25, 0.3) is 0 Å². The zero-order valence-electron chi connectivity index (χ0n) is 8.74. The maximum absolute atomic E-state index is 9.80. The molecule has 78 valence electrons. The van der Waals surface area contributed by atoms with Crippen LogP contribution in [0.3, 0.4) is 0 Å². The van der Waals surface area contributed by atoms with Crippen molar-refractivity contribution in [1.29, 1.82) is 0 Å². The van der Waals surface area contributed by atoms with Crippen LogP contribution in [-0.4, -0.2) is 39.4 Å². The summed E-state index contributed by atoms with van der Waals surface area (Å²) in [6.45, 7) is 7.44. The second kappa shape index (κ2) is 3.20. The van der Waals surface area contributed by atoms with Gasteiger partial charge in [0.2, 0.25) is 0 Å². The number of rotatable bonds is 1. The van der Waals surface area contributed by atoms with Gasteiger partial charge in [-0.2, -0.15) is 5.06 Å². The molecule has 1 atom stereocenters. The third-order valence-electron chi connectivity index (χ3n) is 2.47. The lowest BCUT2D eigenvalue weighted by Crippen LogP contribution is -2.62. The quantitative estimate of drug-likeness (QED) is 0.645. The maximum Gasteiger partial charge on any atom is 0.139 e. The predicted molar refractivity (Wildman–Crippen MR) is 48.4 cm³/mol. The molecule has 0 aliphatic carbocycles. The van der Waals surface area contributed by atoms with Crippen LogP contribution in [0.5, 0.6) is 0 Å². The number of aliphatic hydroxyl groups is 1. The fraction of sp³-hybridized carbons (Fsp3) is 1.00. The fourth-order valence-corrected chi connectivity index (χ4v) is 1.97. The molecule has 0 bridgehead atoms. The van der Waals surface area contributed by atoms with Crippen molar-refractivity contribution < 1.29 is 15.1 Å². The van der Waals surface area contributed by atoms with Crippen molar-refractivity contribution in [3.63, 3.8) is 0 Å². The van der Waals surface area contributed by atoms with Crippen molar-refractivity contribution in [2.75, 3.05) is 6.61 Å². The van der Waals surface area contributed by atoms with Gasteiger partial charge in [-0.05, 0) is 34.1 Å². The number of aliphatic hydroxyl groups excluding tert-OH is 1. The number of ether oxygens (including phenoxy) is 1. The van der Waals surface area contributed by atoms with Crippen LogP contribution in [0.15, 0.2) is 0 Å². The number of hydrogen-bond acceptors (Lipinski definition) is 4. The molecule has 0 aromatic rings. The normalized spacial score (nSPS) is 33.2. The summed E-state index contributed by atoms with van der Waals surface area (Å²) in [5, 5.41) is 20.0. The van der Waals surface area contributed by atoms with Gasteiger partial charge in [0.05, 0.1) is 12.7 Å². The Morgan fingerprint density at radius 1 is 1.38 bits per heavy atom. The number of nitrogens with zero attached hydrogens (tertiary/aromatic N) is 1. The highest BCUT2D eigenvalue weighted by atomic mass is 16.6. The molecule has 0 aromatic heterocycles. The van der Waals surface area contributed by atoms with Gasteiger partial charge >= 0.3 is 0 Å². The van der Waals surface area contributed by atoms with E-state index < -0.39 is 5.72 Å². The lowest BCUT2D eigenvalue weighted by atomic mass is 9.92. The van der Waals surface area contributed by atoms with E-state index in [9.17, 15) is 5.21 Å². The predicted octanol–water partition coefficient (Wildman–Crippen LogP) is 0.973. The van der Waals surface area contributed by atoms with Crippen molar-refractivity contribution >= 4 is 0 Å². The molecule has 0 aromatic carbocycles. The average Bonchev–Trinajstić information content (AvgIpc) is 1.99. The van der Waals surface area contributed by atoms with Gasteiger partial charge < -0.3 is 15.1 Å². The van der Waals surface area contributed by atoms with Crippen LogP contribution in [0.4, 0.5) is 0 Å². The summed E-state index contributed by atoms with van der Waals surface area (Å²) < 4.78 is 5.50. The van der Waals surface area contributed by atoms with Gasteiger partial charge in [0.1, 0.15) is 5.72 Å². The van der Waals surface area contributed by atoms with Crippen LogP contribution in [0.1, 0.15) is 34.1 Å². The Balaban J connectivity index is 2.82. The van der Waals surface area contributed by atoms with E-state index in [0.717, 1.165) is 0 Å². The van der Waals surface area contributed by atoms with Crippen LogP contribution >= 0.6 is 0 Å². The van der Waals surface area contributed by atoms with Crippen molar-refractivity contribution in [1.82, 2.24) is 5.06 Å². The highest BCUT2D eigenvalue weighted by Crippen LogP contribution is 2.34. The minimum atomic E-state index is -0.727. The van der Waals surface area contributed by atoms with Gasteiger partial charge in [0.15, 0.2) is 0 Å². The zero-order valence-corrected chi connectivity index (χ0v) is 8.74. The molecule has 1 heterocycles. The molecule has 0 spiro atoms. The third-order valence-corrected chi connectivity index (χ3v) is 2.47. The molecular formula is C9H19NO3. The molecule has 1 unspecified atom stereocenters. The van der Waals surface area contributed by atoms with Gasteiger partial charge in [-0.1, -0.05) is 0 Å². The van der Waals surface area contributed by atoms with E-state index in [1.165, 1.54) is 5.06 Å². The van der Waals surface area contributed by atoms with E-state index in [0.29, 0.717) is 6.42 Å². The van der Waals surface area contributed by atoms with Crippen LogP contribution < -0.4 is 0 Å². The number of hydrogen-bond donors (Lipinski definition) is 2. The van der Waals surface area contributed by atoms with E-state index in [1.807, 2.05) is 13.8 Å². The fourth-order valence-electron chi connectivity index (χ4n) is 1.97. The standard InChI is InChI=1S/C9H19NO3/c1-8(2)5-7(6-11)13-9(3,4)10(8)12/h7,11-12H,5-6H2,1-4H3. The van der Waals surface area contributed by atoms with Gasteiger partial charge in [-0.15, -0.1) is 0 Å². The summed E-state index contributed by atoms with van der Waals surface area (Å²) in [4.78, 5) is 0. The topological polar surface area (TPSA) is 52.9 Å². The van der Waals surface area contributed by atoms with Crippen LogP contribution in [-0.2, 0) is 4.74 Å². The smallest absolute Gasteiger partial charge is 0.139 e. The first kappa shape index (κ1) is 10.9. The second-order valence-electron chi connectivity index (χ2n) is 4.70. The van der Waals surface area contributed by atoms with Crippen molar-refractivity contribution in [3.8, 4) is 0 Å². The van der Waals surface area contributed by atoms with Gasteiger partial charge in [0, 0.05) is 5.54 Å². The molecule has 1 aliphatic heterocycles. The first-order chi connectivity index (χ1) is 5.79. The van der Waals surface area contributed by atoms with Gasteiger partial charge in [-0.3, -0.25) is 0 Å². The lowest BCUT2D eigenvalue weighted by molar-refractivity contribution is -0.355. The molecule has 2 N–H and O–H groups in total. The molecule has 0 saturated carbocycles. The summed E-state index contributed by atoms with van der Waals surface area (Å²) in [5.74, 6) is 0. The highest BCUT2D eigenvalue weighted by molar-refractivity contribution is 4.90. The lowest BCUT2D eigenvalue weighted by Gasteiger charge is -2.50. The second-order valence-corrected chi connectivity index (χ2v) is 4.70. The summed E-state index contributed by atoms with van der Waals surface area (Å²) in [7, 11) is 0. The Morgan fingerprint density at radius 2 is 1.92 bits per heavy atom. The molecule has 1 saturated heterocycles. The van der Waals surface area contributed by atoms with Crippen molar-refractivity contribution in [3.05, 3.63) is 0 Å². The van der Waals surface area contributed by atoms with Crippen molar-refractivity contribution in [2.45, 2.75) is 51.5 Å². The van der Waals surface area contributed by atoms with Crippen molar-refractivity contribution in [2.24, 2.45) is 0 Å². The molecule has 1 aliphatic rings. The Labute approximate surface area is 79.1 Å². The molecule has 1 fully saturated rings. The highest BCUT2D eigenvalue weighted by Gasteiger charge is 2.45. The SMILES string of the molecule is CC1(C)CC(CO)OC(C)(C)N1O. The maximum atomic E-state index is 9.80. The Hall–Kier alpha value is -0.160. The minimum absolute atomic E-state index is 0.000694. The molecule has 4 nitrogen and oxygen atoms in total. The first-order valence-corrected chi connectivity index (χ1v) is 4.57. The molecule has 1 rings (SSSR count). The number of hydroxylamine groups is 2. The van der Waals surface area contributed by atoms with E-state index >= 15 is 0 Å². The largest absolute Gasteiger partial charge is 0.394 e. The molecule has 0 radical (unpaired) electrons. The van der Waals surface area contributed by atoms with E-state index in [-0.39, 0.29) is 18.2 Å². The van der Waals surface area contributed by atoms with Gasteiger partial charge in [0.25, 0.3) is 0 Å².